The van der Waals surface area contributed by atoms with Gasteiger partial charge in [0.2, 0.25) is 5.91 Å². The van der Waals surface area contributed by atoms with Crippen LogP contribution in [-0.4, -0.2) is 42.5 Å². The van der Waals surface area contributed by atoms with Crippen molar-refractivity contribution in [3.63, 3.8) is 0 Å². The molecule has 2 amide bonds. The molecule has 0 aliphatic carbocycles. The minimum Gasteiger partial charge on any atom is -0.490 e. The molecule has 0 radical (unpaired) electrons. The van der Waals surface area contributed by atoms with Gasteiger partial charge in [0.25, 0.3) is 5.91 Å². The van der Waals surface area contributed by atoms with Crippen LogP contribution in [0.2, 0.25) is 0 Å². The van der Waals surface area contributed by atoms with Gasteiger partial charge in [0.15, 0.2) is 5.75 Å². The van der Waals surface area contributed by atoms with E-state index in [1.54, 1.807) is 12.1 Å². The first kappa shape index (κ1) is 14.7. The van der Waals surface area contributed by atoms with E-state index in [1.165, 1.54) is 6.42 Å². The van der Waals surface area contributed by atoms with Gasteiger partial charge in [0.05, 0.1) is 17.9 Å². The molecule has 6 heteroatoms. The number of nitrogens with one attached hydrogen (secondary N) is 1. The number of para-hydroxylation sites is 1. The Bertz CT molecular complexity index is 582. The lowest BCUT2D eigenvalue weighted by atomic mass is 10.1. The Balaban J connectivity index is 1.89. The zero-order valence-corrected chi connectivity index (χ0v) is 12.5. The summed E-state index contributed by atoms with van der Waals surface area (Å²) >= 11 is 0. The van der Waals surface area contributed by atoms with E-state index in [4.69, 9.17) is 10.5 Å². The number of likely N-dealkylation sites (tertiary alicyclic amines) is 1. The Kier molecular flexibility index (Phi) is 4.18. The fourth-order valence-corrected chi connectivity index (χ4v) is 2.99. The van der Waals surface area contributed by atoms with Crippen molar-refractivity contribution >= 4 is 17.5 Å². The average Bonchev–Trinajstić information content (AvgIpc) is 2.77. The third kappa shape index (κ3) is 2.86. The van der Waals surface area contributed by atoms with E-state index in [2.05, 4.69) is 5.32 Å². The molecular weight excluding hydrogens is 282 g/mol. The van der Waals surface area contributed by atoms with Crippen molar-refractivity contribution in [3.8, 4) is 5.75 Å². The first-order chi connectivity index (χ1) is 10.7. The minimum absolute atomic E-state index is 0.00382. The number of hydrogen-bond acceptors (Lipinski definition) is 4. The van der Waals surface area contributed by atoms with Crippen molar-refractivity contribution in [3.05, 3.63) is 23.8 Å². The zero-order valence-electron chi connectivity index (χ0n) is 12.5. The number of fused-ring (bicyclic) bond motifs is 1. The van der Waals surface area contributed by atoms with Gasteiger partial charge in [-0.2, -0.15) is 0 Å². The highest BCUT2D eigenvalue weighted by Crippen LogP contribution is 2.33. The van der Waals surface area contributed by atoms with Gasteiger partial charge in [-0.15, -0.1) is 0 Å². The summed E-state index contributed by atoms with van der Waals surface area (Å²) in [4.78, 5) is 26.0. The van der Waals surface area contributed by atoms with Crippen LogP contribution in [0.4, 0.5) is 5.69 Å². The monoisotopic (exact) mass is 303 g/mol. The minimum atomic E-state index is -0.471. The molecule has 1 saturated heterocycles. The Hall–Kier alpha value is -2.24. The highest BCUT2D eigenvalue weighted by atomic mass is 16.5. The quantitative estimate of drug-likeness (QED) is 0.864. The highest BCUT2D eigenvalue weighted by molar-refractivity contribution is 5.99. The summed E-state index contributed by atoms with van der Waals surface area (Å²) in [5.74, 6) is 0.113. The zero-order chi connectivity index (χ0) is 15.5. The van der Waals surface area contributed by atoms with E-state index < -0.39 is 11.9 Å². The van der Waals surface area contributed by atoms with E-state index in [0.29, 0.717) is 30.0 Å². The van der Waals surface area contributed by atoms with E-state index in [9.17, 15) is 9.59 Å². The average molecular weight is 303 g/mol. The molecule has 1 atom stereocenters. The van der Waals surface area contributed by atoms with Gasteiger partial charge in [0.1, 0.15) is 6.04 Å². The van der Waals surface area contributed by atoms with Gasteiger partial charge < -0.3 is 20.7 Å². The van der Waals surface area contributed by atoms with Gasteiger partial charge in [-0.25, -0.2) is 0 Å². The lowest BCUT2D eigenvalue weighted by molar-refractivity contribution is -0.118. The van der Waals surface area contributed by atoms with E-state index in [0.717, 1.165) is 25.9 Å². The molecule has 3 N–H and O–H groups in total. The van der Waals surface area contributed by atoms with Crippen LogP contribution in [0.5, 0.6) is 5.75 Å². The molecule has 1 fully saturated rings. The number of ether oxygens (including phenoxy) is 1. The first-order valence-corrected chi connectivity index (χ1v) is 7.78. The van der Waals surface area contributed by atoms with Crippen molar-refractivity contribution in [2.45, 2.75) is 31.7 Å². The number of piperidine rings is 1. The normalized spacial score (nSPS) is 21.1. The van der Waals surface area contributed by atoms with Gasteiger partial charge >= 0.3 is 0 Å². The molecule has 1 aromatic carbocycles. The lowest BCUT2D eigenvalue weighted by Crippen LogP contribution is -2.36. The number of nitrogens with zero attached hydrogens (tertiary/aromatic N) is 1. The Morgan fingerprint density at radius 3 is 2.73 bits per heavy atom. The fourth-order valence-electron chi connectivity index (χ4n) is 2.99. The van der Waals surface area contributed by atoms with Crippen LogP contribution in [0.15, 0.2) is 18.2 Å². The number of nitrogens with two attached hydrogens (primary N) is 1. The molecule has 6 nitrogen and oxygen atoms in total. The first-order valence-electron chi connectivity index (χ1n) is 7.78. The maximum absolute atomic E-state index is 12.7. The van der Waals surface area contributed by atoms with Gasteiger partial charge in [0, 0.05) is 19.5 Å². The van der Waals surface area contributed by atoms with Crippen LogP contribution < -0.4 is 15.8 Å². The molecule has 0 saturated carbocycles. The summed E-state index contributed by atoms with van der Waals surface area (Å²) in [6.45, 7) is 1.94. The third-order valence-corrected chi connectivity index (χ3v) is 4.21. The number of benzene rings is 1. The van der Waals surface area contributed by atoms with Crippen LogP contribution in [-0.2, 0) is 4.79 Å². The third-order valence-electron chi connectivity index (χ3n) is 4.21. The van der Waals surface area contributed by atoms with Gasteiger partial charge in [-0.3, -0.25) is 9.59 Å². The molecule has 1 aromatic rings. The molecule has 0 bridgehead atoms. The number of hydrogen-bond donors (Lipinski definition) is 2. The summed E-state index contributed by atoms with van der Waals surface area (Å²) in [6, 6.07) is 4.92. The molecule has 0 spiro atoms. The second-order valence-corrected chi connectivity index (χ2v) is 5.77. The van der Waals surface area contributed by atoms with Gasteiger partial charge in [-0.1, -0.05) is 6.07 Å². The number of anilines is 1. The summed E-state index contributed by atoms with van der Waals surface area (Å²) in [5, 5.41) is 3.09. The standard InChI is InChI=1S/C16H21N3O3/c17-15(20)13-7-10-22-14-11(5-4-6-12(14)18-13)16(21)19-8-2-1-3-9-19/h4-6,13,18H,1-3,7-10H2,(H2,17,20). The van der Waals surface area contributed by atoms with E-state index >= 15 is 0 Å². The van der Waals surface area contributed by atoms with Crippen LogP contribution in [0.1, 0.15) is 36.0 Å². The van der Waals surface area contributed by atoms with Crippen molar-refractivity contribution in [1.29, 1.82) is 0 Å². The second-order valence-electron chi connectivity index (χ2n) is 5.77. The Morgan fingerprint density at radius 2 is 2.00 bits per heavy atom. The molecule has 0 aromatic heterocycles. The lowest BCUT2D eigenvalue weighted by Gasteiger charge is -2.27. The molecular formula is C16H21N3O3. The summed E-state index contributed by atoms with van der Waals surface area (Å²) in [6.07, 6.45) is 3.75. The van der Waals surface area contributed by atoms with Crippen molar-refractivity contribution in [2.24, 2.45) is 5.73 Å². The molecule has 3 rings (SSSR count). The van der Waals surface area contributed by atoms with Crippen LogP contribution in [0.25, 0.3) is 0 Å². The van der Waals surface area contributed by atoms with Crippen LogP contribution in [0, 0.1) is 0 Å². The number of primary amides is 1. The predicted molar refractivity (Wildman–Crippen MR) is 82.9 cm³/mol. The van der Waals surface area contributed by atoms with E-state index in [-0.39, 0.29) is 5.91 Å². The second kappa shape index (κ2) is 6.25. The fraction of sp³-hybridized carbons (Fsp3) is 0.500. The van der Waals surface area contributed by atoms with E-state index in [1.807, 2.05) is 11.0 Å². The maximum atomic E-state index is 12.7. The predicted octanol–water partition coefficient (Wildman–Crippen LogP) is 1.36. The molecule has 22 heavy (non-hydrogen) atoms. The SMILES string of the molecule is NC(=O)C1CCOc2c(cccc2C(=O)N2CCCCC2)N1. The molecule has 2 aliphatic rings. The Morgan fingerprint density at radius 1 is 1.23 bits per heavy atom. The number of rotatable bonds is 2. The Labute approximate surface area is 129 Å². The molecule has 1 unspecified atom stereocenters. The van der Waals surface area contributed by atoms with Crippen molar-refractivity contribution < 1.29 is 14.3 Å². The topological polar surface area (TPSA) is 84.7 Å². The number of carbonyl (C=O) groups is 2. The van der Waals surface area contributed by atoms with Crippen LogP contribution >= 0.6 is 0 Å². The molecule has 2 heterocycles. The maximum Gasteiger partial charge on any atom is 0.257 e. The highest BCUT2D eigenvalue weighted by Gasteiger charge is 2.27. The number of amides is 2. The summed E-state index contributed by atoms with van der Waals surface area (Å²) in [5.41, 5.74) is 6.59. The molecule has 118 valence electrons. The van der Waals surface area contributed by atoms with Crippen molar-refractivity contribution in [1.82, 2.24) is 4.90 Å². The largest absolute Gasteiger partial charge is 0.490 e. The molecule has 2 aliphatic heterocycles. The number of carbonyl (C=O) groups excluding carboxylic acids is 2. The van der Waals surface area contributed by atoms with Crippen LogP contribution in [0.3, 0.4) is 0 Å². The van der Waals surface area contributed by atoms with Crippen molar-refractivity contribution in [2.75, 3.05) is 25.0 Å². The summed E-state index contributed by atoms with van der Waals surface area (Å²) < 4.78 is 5.75. The summed E-state index contributed by atoms with van der Waals surface area (Å²) in [7, 11) is 0. The van der Waals surface area contributed by atoms with Gasteiger partial charge in [-0.05, 0) is 31.4 Å². The smallest absolute Gasteiger partial charge is 0.257 e.